The highest BCUT2D eigenvalue weighted by Crippen LogP contribution is 2.16. The van der Waals surface area contributed by atoms with Crippen molar-refractivity contribution in [2.45, 2.75) is 25.7 Å². The summed E-state index contributed by atoms with van der Waals surface area (Å²) in [5.74, 6) is 2.01. The van der Waals surface area contributed by atoms with Crippen LogP contribution < -0.4 is 5.32 Å². The molecule has 0 radical (unpaired) electrons. The molecule has 0 saturated carbocycles. The number of rotatable bonds is 8. The Morgan fingerprint density at radius 3 is 2.88 bits per heavy atom. The predicted octanol–water partition coefficient (Wildman–Crippen LogP) is 3.47. The molecule has 0 unspecified atom stereocenters. The van der Waals surface area contributed by atoms with Crippen molar-refractivity contribution >= 4 is 29.2 Å². The van der Waals surface area contributed by atoms with Gasteiger partial charge < -0.3 is 5.32 Å². The summed E-state index contributed by atoms with van der Waals surface area (Å²) in [7, 11) is 0. The lowest BCUT2D eigenvalue weighted by molar-refractivity contribution is 0.688. The van der Waals surface area contributed by atoms with Crippen LogP contribution in [0.1, 0.15) is 25.7 Å². The Hall–Kier alpha value is -0.480. The van der Waals surface area contributed by atoms with Crippen molar-refractivity contribution in [1.29, 1.82) is 0 Å². The van der Waals surface area contributed by atoms with Crippen molar-refractivity contribution in [2.75, 3.05) is 23.9 Å². The molecule has 5 heteroatoms. The number of thioether (sulfide) groups is 1. The number of nitrogens with one attached hydrogen (secondary N) is 1. The zero-order valence-electron chi connectivity index (χ0n) is 9.58. The van der Waals surface area contributed by atoms with Crippen molar-refractivity contribution in [3.05, 3.63) is 17.5 Å². The molecule has 1 rings (SSSR count). The highest BCUT2D eigenvalue weighted by molar-refractivity contribution is 7.98. The molecule has 0 aliphatic carbocycles. The number of hydrogen-bond acceptors (Lipinski definition) is 4. The van der Waals surface area contributed by atoms with Crippen LogP contribution in [0.25, 0.3) is 0 Å². The molecule has 0 fully saturated rings. The molecule has 0 atom stereocenters. The van der Waals surface area contributed by atoms with Crippen LogP contribution in [0.5, 0.6) is 0 Å². The predicted molar refractivity (Wildman–Crippen MR) is 72.4 cm³/mol. The molecule has 1 N–H and O–H groups in total. The fourth-order valence-corrected chi connectivity index (χ4v) is 2.04. The molecule has 90 valence electrons. The van der Waals surface area contributed by atoms with Gasteiger partial charge in [0.15, 0.2) is 0 Å². The summed E-state index contributed by atoms with van der Waals surface area (Å²) in [6.07, 6.45) is 10.3. The molecule has 0 aliphatic heterocycles. The Bertz CT molecular complexity index is 296. The normalized spacial score (nSPS) is 10.4. The maximum absolute atomic E-state index is 5.92. The molecule has 1 heterocycles. The lowest BCUT2D eigenvalue weighted by atomic mass is 10.2. The number of halogens is 1. The van der Waals surface area contributed by atoms with Crippen LogP contribution in [0.2, 0.25) is 5.02 Å². The fraction of sp³-hybridized carbons (Fsp3) is 0.636. The second-order valence-electron chi connectivity index (χ2n) is 3.55. The first kappa shape index (κ1) is 13.6. The molecule has 0 bridgehead atoms. The summed E-state index contributed by atoms with van der Waals surface area (Å²) in [6.45, 7) is 0.927. The minimum atomic E-state index is 0.588. The second-order valence-corrected chi connectivity index (χ2v) is 4.95. The van der Waals surface area contributed by atoms with Crippen LogP contribution >= 0.6 is 23.4 Å². The summed E-state index contributed by atoms with van der Waals surface area (Å²) in [5, 5.41) is 3.80. The van der Waals surface area contributed by atoms with E-state index in [0.717, 1.165) is 18.8 Å². The number of nitrogens with zero attached hydrogens (tertiary/aromatic N) is 2. The molecule has 0 amide bonds. The summed E-state index contributed by atoms with van der Waals surface area (Å²) in [6, 6.07) is 0. The minimum Gasteiger partial charge on any atom is -0.369 e. The second kappa shape index (κ2) is 8.65. The van der Waals surface area contributed by atoms with Gasteiger partial charge in [-0.05, 0) is 24.9 Å². The van der Waals surface area contributed by atoms with Crippen molar-refractivity contribution in [1.82, 2.24) is 9.97 Å². The summed E-state index contributed by atoms with van der Waals surface area (Å²) in [4.78, 5) is 7.91. The minimum absolute atomic E-state index is 0.588. The van der Waals surface area contributed by atoms with Gasteiger partial charge in [0.05, 0.1) is 6.20 Å². The van der Waals surface area contributed by atoms with Crippen LogP contribution in [-0.2, 0) is 0 Å². The van der Waals surface area contributed by atoms with E-state index in [9.17, 15) is 0 Å². The van der Waals surface area contributed by atoms with E-state index in [4.69, 9.17) is 11.6 Å². The van der Waals surface area contributed by atoms with Crippen LogP contribution in [0.4, 0.5) is 5.82 Å². The molecule has 0 aromatic carbocycles. The van der Waals surface area contributed by atoms with Crippen molar-refractivity contribution in [3.63, 3.8) is 0 Å². The Morgan fingerprint density at radius 1 is 1.31 bits per heavy atom. The molecule has 0 aliphatic rings. The summed E-state index contributed by atoms with van der Waals surface area (Å²) >= 11 is 7.83. The van der Waals surface area contributed by atoms with Crippen LogP contribution in [0.15, 0.2) is 12.5 Å². The monoisotopic (exact) mass is 259 g/mol. The van der Waals surface area contributed by atoms with Crippen molar-refractivity contribution < 1.29 is 0 Å². The molecule has 1 aromatic rings. The third kappa shape index (κ3) is 5.56. The first-order valence-corrected chi connectivity index (χ1v) is 7.30. The Balaban J connectivity index is 2.05. The topological polar surface area (TPSA) is 37.8 Å². The van der Waals surface area contributed by atoms with Crippen LogP contribution in [0, 0.1) is 0 Å². The lowest BCUT2D eigenvalue weighted by Gasteiger charge is -2.06. The van der Waals surface area contributed by atoms with Gasteiger partial charge in [-0.2, -0.15) is 11.8 Å². The highest BCUT2D eigenvalue weighted by Gasteiger charge is 1.99. The first-order valence-electron chi connectivity index (χ1n) is 5.53. The van der Waals surface area contributed by atoms with Gasteiger partial charge in [0.2, 0.25) is 0 Å². The Morgan fingerprint density at radius 2 is 2.12 bits per heavy atom. The SMILES string of the molecule is CSCCCCCCNc1ncncc1Cl. The van der Waals surface area contributed by atoms with E-state index < -0.39 is 0 Å². The lowest BCUT2D eigenvalue weighted by Crippen LogP contribution is -2.04. The van der Waals surface area contributed by atoms with E-state index in [1.165, 1.54) is 31.3 Å². The van der Waals surface area contributed by atoms with E-state index in [-0.39, 0.29) is 0 Å². The molecule has 1 aromatic heterocycles. The highest BCUT2D eigenvalue weighted by atomic mass is 35.5. The average molecular weight is 260 g/mol. The maximum Gasteiger partial charge on any atom is 0.148 e. The standard InChI is InChI=1S/C11H18ClN3S/c1-16-7-5-3-2-4-6-14-11-10(12)8-13-9-15-11/h8-9H,2-7H2,1H3,(H,13,14,15). The van der Waals surface area contributed by atoms with E-state index >= 15 is 0 Å². The van der Waals surface area contributed by atoms with Gasteiger partial charge in [-0.1, -0.05) is 24.4 Å². The summed E-state index contributed by atoms with van der Waals surface area (Å²) in [5.41, 5.74) is 0. The van der Waals surface area contributed by atoms with Gasteiger partial charge in [0.25, 0.3) is 0 Å². The molecule has 0 saturated heterocycles. The first-order chi connectivity index (χ1) is 7.84. The van der Waals surface area contributed by atoms with Crippen LogP contribution in [-0.4, -0.2) is 28.5 Å². The fourth-order valence-electron chi connectivity index (χ4n) is 1.37. The van der Waals surface area contributed by atoms with Gasteiger partial charge in [-0.15, -0.1) is 0 Å². The number of unbranched alkanes of at least 4 members (excludes halogenated alkanes) is 3. The number of hydrogen-bond donors (Lipinski definition) is 1. The number of anilines is 1. The molecular formula is C11H18ClN3S. The van der Waals surface area contributed by atoms with E-state index in [2.05, 4.69) is 21.5 Å². The van der Waals surface area contributed by atoms with Gasteiger partial charge in [-0.25, -0.2) is 9.97 Å². The third-order valence-corrected chi connectivity index (χ3v) is 3.21. The van der Waals surface area contributed by atoms with Crippen molar-refractivity contribution in [2.24, 2.45) is 0 Å². The zero-order chi connectivity index (χ0) is 11.6. The smallest absolute Gasteiger partial charge is 0.148 e. The van der Waals surface area contributed by atoms with E-state index in [1.807, 2.05) is 11.8 Å². The van der Waals surface area contributed by atoms with Gasteiger partial charge >= 0.3 is 0 Å². The zero-order valence-corrected chi connectivity index (χ0v) is 11.2. The Labute approximate surface area is 106 Å². The molecular weight excluding hydrogens is 242 g/mol. The molecule has 0 spiro atoms. The molecule has 3 nitrogen and oxygen atoms in total. The van der Waals surface area contributed by atoms with E-state index in [1.54, 1.807) is 6.20 Å². The van der Waals surface area contributed by atoms with Gasteiger partial charge in [-0.3, -0.25) is 0 Å². The summed E-state index contributed by atoms with van der Waals surface area (Å²) < 4.78 is 0. The third-order valence-electron chi connectivity index (χ3n) is 2.24. The van der Waals surface area contributed by atoms with Gasteiger partial charge in [0, 0.05) is 6.54 Å². The van der Waals surface area contributed by atoms with Crippen molar-refractivity contribution in [3.8, 4) is 0 Å². The molecule has 16 heavy (non-hydrogen) atoms. The van der Waals surface area contributed by atoms with Gasteiger partial charge in [0.1, 0.15) is 17.2 Å². The largest absolute Gasteiger partial charge is 0.369 e. The average Bonchev–Trinajstić information content (AvgIpc) is 2.30. The number of aromatic nitrogens is 2. The maximum atomic E-state index is 5.92. The van der Waals surface area contributed by atoms with Crippen LogP contribution in [0.3, 0.4) is 0 Å². The quantitative estimate of drug-likeness (QED) is 0.726. The Kier molecular flexibility index (Phi) is 7.34. The van der Waals surface area contributed by atoms with E-state index in [0.29, 0.717) is 5.02 Å².